The van der Waals surface area contributed by atoms with Crippen molar-refractivity contribution < 1.29 is 13.9 Å². The fourth-order valence-corrected chi connectivity index (χ4v) is 2.67. The molecule has 1 aromatic heterocycles. The Balaban J connectivity index is 1.71. The maximum absolute atomic E-state index is 12.3. The number of aryl methyl sites for hydroxylation is 2. The number of hydrogen-bond acceptors (Lipinski definition) is 3. The van der Waals surface area contributed by atoms with E-state index in [0.29, 0.717) is 17.9 Å². The molecule has 1 saturated heterocycles. The van der Waals surface area contributed by atoms with Gasteiger partial charge in [-0.15, -0.1) is 0 Å². The highest BCUT2D eigenvalue weighted by Gasteiger charge is 2.19. The molecule has 4 heteroatoms. The van der Waals surface area contributed by atoms with Gasteiger partial charge in [-0.2, -0.15) is 0 Å². The molecule has 0 saturated carbocycles. The van der Waals surface area contributed by atoms with Crippen LogP contribution in [0.5, 0.6) is 0 Å². The number of amides is 1. The van der Waals surface area contributed by atoms with Crippen LogP contribution in [0.3, 0.4) is 0 Å². The Morgan fingerprint density at radius 2 is 2.05 bits per heavy atom. The molecule has 1 amide bonds. The zero-order valence-corrected chi connectivity index (χ0v) is 13.0. The molecule has 1 atom stereocenters. The number of furan rings is 1. The summed E-state index contributed by atoms with van der Waals surface area (Å²) in [4.78, 5) is 12.3. The minimum Gasteiger partial charge on any atom is -0.461 e. The molecule has 1 aliphatic heterocycles. The highest BCUT2D eigenvalue weighted by atomic mass is 16.5. The number of nitrogens with one attached hydrogen (secondary N) is 1. The van der Waals surface area contributed by atoms with Crippen molar-refractivity contribution in [1.29, 1.82) is 0 Å². The van der Waals surface area contributed by atoms with E-state index >= 15 is 0 Å². The molecule has 0 bridgehead atoms. The van der Waals surface area contributed by atoms with Gasteiger partial charge in [-0.1, -0.05) is 29.8 Å². The maximum Gasteiger partial charge on any atom is 0.254 e. The number of carbonyl (C=O) groups excluding carboxylic acids is 1. The van der Waals surface area contributed by atoms with Gasteiger partial charge >= 0.3 is 0 Å². The van der Waals surface area contributed by atoms with Gasteiger partial charge in [0.25, 0.3) is 5.91 Å². The first-order valence-electron chi connectivity index (χ1n) is 7.71. The highest BCUT2D eigenvalue weighted by molar-refractivity contribution is 5.96. The largest absolute Gasteiger partial charge is 0.461 e. The molecular formula is C18H21NO3. The van der Waals surface area contributed by atoms with Gasteiger partial charge in [0.1, 0.15) is 11.5 Å². The first kappa shape index (κ1) is 14.9. The monoisotopic (exact) mass is 299 g/mol. The lowest BCUT2D eigenvalue weighted by molar-refractivity contribution is 0.0856. The average Bonchev–Trinajstić information content (AvgIpc) is 3.15. The van der Waals surface area contributed by atoms with Crippen molar-refractivity contribution in [3.05, 3.63) is 47.2 Å². The van der Waals surface area contributed by atoms with Crippen LogP contribution in [-0.4, -0.2) is 25.2 Å². The van der Waals surface area contributed by atoms with Crippen molar-refractivity contribution in [3.63, 3.8) is 0 Å². The summed E-state index contributed by atoms with van der Waals surface area (Å²) >= 11 is 0. The Kier molecular flexibility index (Phi) is 4.29. The van der Waals surface area contributed by atoms with E-state index in [0.717, 1.165) is 30.8 Å². The molecule has 0 radical (unpaired) electrons. The van der Waals surface area contributed by atoms with E-state index in [1.165, 1.54) is 5.56 Å². The Labute approximate surface area is 130 Å². The summed E-state index contributed by atoms with van der Waals surface area (Å²) in [5.41, 5.74) is 2.77. The van der Waals surface area contributed by atoms with Crippen LogP contribution in [0.1, 0.15) is 34.5 Å². The second kappa shape index (κ2) is 6.36. The third-order valence-electron chi connectivity index (χ3n) is 4.01. The van der Waals surface area contributed by atoms with Crippen LogP contribution < -0.4 is 5.32 Å². The van der Waals surface area contributed by atoms with E-state index in [-0.39, 0.29) is 12.0 Å². The van der Waals surface area contributed by atoms with Gasteiger partial charge in [0.05, 0.1) is 11.7 Å². The number of hydrogen-bond donors (Lipinski definition) is 1. The first-order chi connectivity index (χ1) is 10.6. The third-order valence-corrected chi connectivity index (χ3v) is 4.01. The van der Waals surface area contributed by atoms with Crippen LogP contribution in [-0.2, 0) is 4.74 Å². The molecule has 1 N–H and O–H groups in total. The smallest absolute Gasteiger partial charge is 0.254 e. The topological polar surface area (TPSA) is 51.5 Å². The van der Waals surface area contributed by atoms with Gasteiger partial charge in [0, 0.05) is 18.7 Å². The maximum atomic E-state index is 12.3. The Bertz CT molecular complexity index is 651. The highest BCUT2D eigenvalue weighted by Crippen LogP contribution is 2.25. The lowest BCUT2D eigenvalue weighted by atomic mass is 10.1. The average molecular weight is 299 g/mol. The normalized spacial score (nSPS) is 17.6. The third kappa shape index (κ3) is 3.22. The van der Waals surface area contributed by atoms with Crippen LogP contribution in [0, 0.1) is 13.8 Å². The van der Waals surface area contributed by atoms with Gasteiger partial charge < -0.3 is 14.5 Å². The molecule has 1 fully saturated rings. The van der Waals surface area contributed by atoms with Gasteiger partial charge in [0.15, 0.2) is 0 Å². The molecule has 22 heavy (non-hydrogen) atoms. The first-order valence-corrected chi connectivity index (χ1v) is 7.71. The predicted molar refractivity (Wildman–Crippen MR) is 84.9 cm³/mol. The van der Waals surface area contributed by atoms with E-state index in [2.05, 4.69) is 5.32 Å². The molecule has 0 aliphatic carbocycles. The predicted octanol–water partition coefficient (Wildman–Crippen LogP) is 3.47. The minimum atomic E-state index is -0.102. The summed E-state index contributed by atoms with van der Waals surface area (Å²) in [6, 6.07) is 9.88. The number of ether oxygens (including phenoxy) is 1. The van der Waals surface area contributed by atoms with Crippen LogP contribution in [0.15, 0.2) is 34.7 Å². The number of benzene rings is 1. The minimum absolute atomic E-state index is 0.102. The lowest BCUT2D eigenvalue weighted by Crippen LogP contribution is -2.31. The van der Waals surface area contributed by atoms with Crippen molar-refractivity contribution in [2.75, 3.05) is 13.2 Å². The molecule has 2 aromatic rings. The Morgan fingerprint density at radius 3 is 2.73 bits per heavy atom. The zero-order valence-electron chi connectivity index (χ0n) is 13.0. The fraction of sp³-hybridized carbons (Fsp3) is 0.389. The molecule has 1 aliphatic rings. The molecule has 1 aromatic carbocycles. The van der Waals surface area contributed by atoms with E-state index < -0.39 is 0 Å². The van der Waals surface area contributed by atoms with Gasteiger partial charge in [-0.05, 0) is 32.8 Å². The second-order valence-electron chi connectivity index (χ2n) is 5.79. The summed E-state index contributed by atoms with van der Waals surface area (Å²) in [6.07, 6.45) is 2.23. The van der Waals surface area contributed by atoms with Gasteiger partial charge in [-0.25, -0.2) is 0 Å². The SMILES string of the molecule is Cc1ccc(-c2cc(C(=O)NCC3CCCO3)c(C)o2)cc1. The van der Waals surface area contributed by atoms with Crippen LogP contribution >= 0.6 is 0 Å². The molecule has 0 spiro atoms. The van der Waals surface area contributed by atoms with Crippen molar-refractivity contribution in [1.82, 2.24) is 5.32 Å². The summed E-state index contributed by atoms with van der Waals surface area (Å²) in [6.45, 7) is 5.21. The van der Waals surface area contributed by atoms with Crippen molar-refractivity contribution in [3.8, 4) is 11.3 Å². The standard InChI is InChI=1S/C18H21NO3/c1-12-5-7-14(8-6-12)17-10-16(13(2)22-17)18(20)19-11-15-4-3-9-21-15/h5-8,10,15H,3-4,9,11H2,1-2H3,(H,19,20). The molecule has 3 rings (SSSR count). The number of rotatable bonds is 4. The Hall–Kier alpha value is -2.07. The van der Waals surface area contributed by atoms with E-state index in [1.54, 1.807) is 0 Å². The van der Waals surface area contributed by atoms with E-state index in [4.69, 9.17) is 9.15 Å². The quantitative estimate of drug-likeness (QED) is 0.940. The molecule has 116 valence electrons. The summed E-state index contributed by atoms with van der Waals surface area (Å²) in [7, 11) is 0. The van der Waals surface area contributed by atoms with Crippen LogP contribution in [0.25, 0.3) is 11.3 Å². The molecule has 4 nitrogen and oxygen atoms in total. The summed E-state index contributed by atoms with van der Waals surface area (Å²) < 4.78 is 11.3. The van der Waals surface area contributed by atoms with Crippen LogP contribution in [0.4, 0.5) is 0 Å². The summed E-state index contributed by atoms with van der Waals surface area (Å²) in [5.74, 6) is 1.26. The van der Waals surface area contributed by atoms with E-state index in [9.17, 15) is 4.79 Å². The molecule has 2 heterocycles. The van der Waals surface area contributed by atoms with Crippen LogP contribution in [0.2, 0.25) is 0 Å². The molecular weight excluding hydrogens is 278 g/mol. The Morgan fingerprint density at radius 1 is 1.27 bits per heavy atom. The van der Waals surface area contributed by atoms with Gasteiger partial charge in [0.2, 0.25) is 0 Å². The lowest BCUT2D eigenvalue weighted by Gasteiger charge is -2.10. The zero-order chi connectivity index (χ0) is 15.5. The number of carbonyl (C=O) groups is 1. The van der Waals surface area contributed by atoms with Crippen molar-refractivity contribution in [2.24, 2.45) is 0 Å². The fourth-order valence-electron chi connectivity index (χ4n) is 2.67. The summed E-state index contributed by atoms with van der Waals surface area (Å²) in [5, 5.41) is 2.93. The van der Waals surface area contributed by atoms with Gasteiger partial charge in [-0.3, -0.25) is 4.79 Å². The second-order valence-corrected chi connectivity index (χ2v) is 5.79. The van der Waals surface area contributed by atoms with Crippen molar-refractivity contribution >= 4 is 5.91 Å². The van der Waals surface area contributed by atoms with E-state index in [1.807, 2.05) is 44.2 Å². The van der Waals surface area contributed by atoms with Crippen molar-refractivity contribution in [2.45, 2.75) is 32.8 Å². The molecule has 1 unspecified atom stereocenters.